The van der Waals surface area contributed by atoms with Crippen LogP contribution in [-0.4, -0.2) is 22.9 Å². The fraction of sp³-hybridized carbons (Fsp3) is 0.294. The number of methoxy groups -OCH3 is 1. The lowest BCUT2D eigenvalue weighted by Gasteiger charge is -2.19. The largest absolute Gasteiger partial charge is 0.468 e. The van der Waals surface area contributed by atoms with Crippen molar-refractivity contribution in [2.45, 2.75) is 25.4 Å². The van der Waals surface area contributed by atoms with Crippen molar-refractivity contribution in [3.63, 3.8) is 0 Å². The lowest BCUT2D eigenvalue weighted by Crippen LogP contribution is -2.29. The van der Waals surface area contributed by atoms with Crippen molar-refractivity contribution < 1.29 is 22.7 Å². The first kappa shape index (κ1) is 18.9. The molecule has 138 valence electrons. The predicted octanol–water partition coefficient (Wildman–Crippen LogP) is 5.32. The van der Waals surface area contributed by atoms with E-state index in [4.69, 9.17) is 4.74 Å². The Bertz CT molecular complexity index is 992. The number of hydrogen-bond donors (Lipinski definition) is 0. The van der Waals surface area contributed by atoms with Crippen LogP contribution in [0.5, 0.6) is 0 Å². The van der Waals surface area contributed by atoms with Crippen LogP contribution in [-0.2, 0) is 21.1 Å². The summed E-state index contributed by atoms with van der Waals surface area (Å²) in [5.41, 5.74) is -1.28. The lowest BCUT2D eigenvalue weighted by atomic mass is 9.92. The van der Waals surface area contributed by atoms with Crippen molar-refractivity contribution in [2.24, 2.45) is 0 Å². The molecule has 0 aliphatic carbocycles. The molecule has 0 unspecified atom stereocenters. The maximum absolute atomic E-state index is 13.3. The van der Waals surface area contributed by atoms with Gasteiger partial charge in [0.15, 0.2) is 0 Å². The molecule has 0 spiro atoms. The molecule has 9 heteroatoms. The van der Waals surface area contributed by atoms with E-state index in [0.717, 1.165) is 10.9 Å². The van der Waals surface area contributed by atoms with Gasteiger partial charge in [0.2, 0.25) is 0 Å². The van der Waals surface area contributed by atoms with Crippen molar-refractivity contribution in [2.75, 3.05) is 7.11 Å². The van der Waals surface area contributed by atoms with Crippen LogP contribution in [0.25, 0.3) is 15.9 Å². The Morgan fingerprint density at radius 3 is 2.58 bits per heavy atom. The Morgan fingerprint density at radius 2 is 1.96 bits per heavy atom. The SMILES string of the molecule is COC(=O)C(C)(C)c1ccc(-n2ncc3c(C(F)(F)F)cc(Br)cc32)s1. The smallest absolute Gasteiger partial charge is 0.417 e. The van der Waals surface area contributed by atoms with E-state index in [2.05, 4.69) is 21.0 Å². The van der Waals surface area contributed by atoms with Gasteiger partial charge in [-0.25, -0.2) is 4.68 Å². The fourth-order valence-electron chi connectivity index (χ4n) is 2.64. The number of halogens is 4. The molecule has 0 bridgehead atoms. The molecule has 0 saturated heterocycles. The Balaban J connectivity index is 2.14. The number of esters is 1. The number of benzene rings is 1. The van der Waals surface area contributed by atoms with Gasteiger partial charge in [0.25, 0.3) is 0 Å². The van der Waals surface area contributed by atoms with E-state index >= 15 is 0 Å². The number of alkyl halides is 3. The summed E-state index contributed by atoms with van der Waals surface area (Å²) in [5.74, 6) is -0.390. The maximum atomic E-state index is 13.3. The van der Waals surface area contributed by atoms with Crippen LogP contribution >= 0.6 is 27.3 Å². The van der Waals surface area contributed by atoms with Crippen LogP contribution in [0.1, 0.15) is 24.3 Å². The molecule has 0 aliphatic rings. The van der Waals surface area contributed by atoms with Gasteiger partial charge >= 0.3 is 12.1 Å². The molecule has 0 radical (unpaired) electrons. The van der Waals surface area contributed by atoms with E-state index in [1.54, 1.807) is 32.0 Å². The first-order valence-corrected chi connectivity index (χ1v) is 9.10. The van der Waals surface area contributed by atoms with Gasteiger partial charge in [0, 0.05) is 14.7 Å². The van der Waals surface area contributed by atoms with Gasteiger partial charge in [-0.1, -0.05) is 15.9 Å². The van der Waals surface area contributed by atoms with Crippen molar-refractivity contribution in [3.8, 4) is 5.00 Å². The van der Waals surface area contributed by atoms with E-state index in [0.29, 0.717) is 15.0 Å². The average Bonchev–Trinajstić information content (AvgIpc) is 3.18. The number of aromatic nitrogens is 2. The van der Waals surface area contributed by atoms with E-state index < -0.39 is 23.1 Å². The van der Waals surface area contributed by atoms with Crippen LogP contribution in [0.3, 0.4) is 0 Å². The number of carbonyl (C=O) groups is 1. The summed E-state index contributed by atoms with van der Waals surface area (Å²) >= 11 is 4.41. The Morgan fingerprint density at radius 1 is 1.27 bits per heavy atom. The van der Waals surface area contributed by atoms with Crippen LogP contribution in [0.2, 0.25) is 0 Å². The predicted molar refractivity (Wildman–Crippen MR) is 96.7 cm³/mol. The molecule has 0 atom stereocenters. The van der Waals surface area contributed by atoms with Crippen LogP contribution in [0.4, 0.5) is 13.2 Å². The van der Waals surface area contributed by atoms with Crippen molar-refractivity contribution in [1.82, 2.24) is 9.78 Å². The Hall–Kier alpha value is -1.87. The second-order valence-electron chi connectivity index (χ2n) is 6.19. The van der Waals surface area contributed by atoms with Gasteiger partial charge in [-0.15, -0.1) is 11.3 Å². The first-order chi connectivity index (χ1) is 12.1. The van der Waals surface area contributed by atoms with Gasteiger partial charge in [0.1, 0.15) is 5.00 Å². The minimum atomic E-state index is -4.48. The fourth-order valence-corrected chi connectivity index (χ4v) is 4.15. The summed E-state index contributed by atoms with van der Waals surface area (Å²) < 4.78 is 46.4. The van der Waals surface area contributed by atoms with E-state index in [1.165, 1.54) is 29.3 Å². The molecule has 3 aromatic rings. The third-order valence-corrected chi connectivity index (χ3v) is 5.91. The maximum Gasteiger partial charge on any atom is 0.417 e. The number of fused-ring (bicyclic) bond motifs is 1. The molecule has 0 saturated carbocycles. The molecule has 26 heavy (non-hydrogen) atoms. The number of ether oxygens (including phenoxy) is 1. The van der Waals surface area contributed by atoms with Crippen molar-refractivity contribution >= 4 is 44.1 Å². The van der Waals surface area contributed by atoms with Gasteiger partial charge in [-0.05, 0) is 38.1 Å². The summed E-state index contributed by atoms with van der Waals surface area (Å²) in [6, 6.07) is 6.11. The molecule has 4 nitrogen and oxygen atoms in total. The summed E-state index contributed by atoms with van der Waals surface area (Å²) in [6.07, 6.45) is -3.28. The van der Waals surface area contributed by atoms with E-state index in [-0.39, 0.29) is 5.39 Å². The average molecular weight is 447 g/mol. The highest BCUT2D eigenvalue weighted by atomic mass is 79.9. The summed E-state index contributed by atoms with van der Waals surface area (Å²) in [6.45, 7) is 3.46. The van der Waals surface area contributed by atoms with Crippen LogP contribution in [0.15, 0.2) is 34.9 Å². The number of nitrogens with zero attached hydrogens (tertiary/aromatic N) is 2. The van der Waals surface area contributed by atoms with E-state index in [9.17, 15) is 18.0 Å². The molecular formula is C17H14BrF3N2O2S. The minimum absolute atomic E-state index is 0.0166. The van der Waals surface area contributed by atoms with Gasteiger partial charge < -0.3 is 4.74 Å². The third kappa shape index (κ3) is 3.14. The van der Waals surface area contributed by atoms with E-state index in [1.807, 2.05) is 0 Å². The highest BCUT2D eigenvalue weighted by molar-refractivity contribution is 9.10. The van der Waals surface area contributed by atoms with Crippen LogP contribution in [0, 0.1) is 0 Å². The second-order valence-corrected chi connectivity index (χ2v) is 8.17. The van der Waals surface area contributed by atoms with Gasteiger partial charge in [-0.2, -0.15) is 18.3 Å². The number of thiophene rings is 1. The van der Waals surface area contributed by atoms with Gasteiger partial charge in [-0.3, -0.25) is 4.79 Å². The summed E-state index contributed by atoms with van der Waals surface area (Å²) in [4.78, 5) is 12.7. The molecule has 1 aromatic carbocycles. The number of carbonyl (C=O) groups excluding carboxylic acids is 1. The van der Waals surface area contributed by atoms with Gasteiger partial charge in [0.05, 0.1) is 29.8 Å². The normalized spacial score (nSPS) is 12.6. The first-order valence-electron chi connectivity index (χ1n) is 7.49. The number of rotatable bonds is 3. The number of hydrogen-bond acceptors (Lipinski definition) is 4. The molecule has 3 rings (SSSR count). The molecule has 0 amide bonds. The van der Waals surface area contributed by atoms with Crippen molar-refractivity contribution in [1.29, 1.82) is 0 Å². The third-order valence-electron chi connectivity index (χ3n) is 4.07. The molecule has 0 aliphatic heterocycles. The Kier molecular flexibility index (Phi) is 4.64. The topological polar surface area (TPSA) is 44.1 Å². The Labute approximate surface area is 159 Å². The molecular weight excluding hydrogens is 433 g/mol. The zero-order valence-corrected chi connectivity index (χ0v) is 16.4. The van der Waals surface area contributed by atoms with Crippen LogP contribution < -0.4 is 0 Å². The zero-order chi connectivity index (χ0) is 19.3. The molecule has 2 heterocycles. The second kappa shape index (κ2) is 6.38. The standard InChI is InChI=1S/C17H14BrF3N2O2S/c1-16(2,15(24)25-3)13-4-5-14(26-13)23-12-7-9(18)6-11(17(19,20)21)10(12)8-22-23/h4-8H,1-3H3. The minimum Gasteiger partial charge on any atom is -0.468 e. The molecule has 0 fully saturated rings. The summed E-state index contributed by atoms with van der Waals surface area (Å²) in [7, 11) is 1.32. The molecule has 2 aromatic heterocycles. The summed E-state index contributed by atoms with van der Waals surface area (Å²) in [5, 5.41) is 4.76. The monoisotopic (exact) mass is 446 g/mol. The highest BCUT2D eigenvalue weighted by Crippen LogP contribution is 2.39. The zero-order valence-electron chi connectivity index (χ0n) is 14.0. The lowest BCUT2D eigenvalue weighted by molar-refractivity contribution is -0.146. The quantitative estimate of drug-likeness (QED) is 0.511. The molecule has 0 N–H and O–H groups in total. The van der Waals surface area contributed by atoms with Crippen molar-refractivity contribution in [3.05, 3.63) is 45.4 Å². The highest BCUT2D eigenvalue weighted by Gasteiger charge is 2.35.